The third kappa shape index (κ3) is 7.65. The number of nitrogens with zero attached hydrogens (tertiary/aromatic N) is 2. The highest BCUT2D eigenvalue weighted by atomic mass is 35.5. The Morgan fingerprint density at radius 3 is 2.12 bits per heavy atom. The van der Waals surface area contributed by atoms with Crippen LogP contribution in [0.15, 0.2) is 71.6 Å². The van der Waals surface area contributed by atoms with Gasteiger partial charge in [0.2, 0.25) is 11.8 Å². The van der Waals surface area contributed by atoms with E-state index in [2.05, 4.69) is 5.32 Å². The van der Waals surface area contributed by atoms with Gasteiger partial charge in [-0.25, -0.2) is 8.42 Å². The molecule has 14 heteroatoms. The van der Waals surface area contributed by atoms with Gasteiger partial charge < -0.3 is 10.2 Å². The Morgan fingerprint density at radius 1 is 0.927 bits per heavy atom. The number of amides is 2. The zero-order valence-electron chi connectivity index (χ0n) is 21.8. The summed E-state index contributed by atoms with van der Waals surface area (Å²) in [5.74, 6) is -1.41. The lowest BCUT2D eigenvalue weighted by atomic mass is 10.1. The Hall–Kier alpha value is -2.99. The molecule has 1 N–H and O–H groups in total. The lowest BCUT2D eigenvalue weighted by molar-refractivity contribution is -0.140. The molecule has 41 heavy (non-hydrogen) atoms. The fourth-order valence-electron chi connectivity index (χ4n) is 4.03. The van der Waals surface area contributed by atoms with Gasteiger partial charge in [0.25, 0.3) is 10.0 Å². The van der Waals surface area contributed by atoms with Crippen LogP contribution in [0.2, 0.25) is 15.1 Å². The third-order valence-electron chi connectivity index (χ3n) is 6.12. The van der Waals surface area contributed by atoms with E-state index in [0.29, 0.717) is 22.0 Å². The van der Waals surface area contributed by atoms with Crippen LogP contribution in [-0.2, 0) is 32.3 Å². The number of carbonyl (C=O) groups excluding carboxylic acids is 2. The molecule has 7 nitrogen and oxygen atoms in total. The number of carbonyl (C=O) groups is 2. The first-order valence-corrected chi connectivity index (χ1v) is 14.7. The molecule has 0 aliphatic heterocycles. The van der Waals surface area contributed by atoms with Gasteiger partial charge in [-0.1, -0.05) is 66.0 Å². The first-order chi connectivity index (χ1) is 19.2. The van der Waals surface area contributed by atoms with Crippen LogP contribution in [0.1, 0.15) is 24.5 Å². The monoisotopic (exact) mass is 649 g/mol. The fraction of sp³-hybridized carbons (Fsp3) is 0.259. The van der Waals surface area contributed by atoms with Crippen molar-refractivity contribution in [3.05, 3.63) is 92.9 Å². The number of likely N-dealkylation sites (N-methyl/N-ethyl adjacent to an activating group) is 1. The molecule has 0 aliphatic rings. The van der Waals surface area contributed by atoms with E-state index in [1.807, 2.05) is 0 Å². The minimum Gasteiger partial charge on any atom is -0.357 e. The number of benzene rings is 3. The van der Waals surface area contributed by atoms with Gasteiger partial charge in [0, 0.05) is 13.6 Å². The van der Waals surface area contributed by atoms with E-state index < -0.39 is 51.9 Å². The van der Waals surface area contributed by atoms with Gasteiger partial charge in [0.05, 0.1) is 31.2 Å². The Bertz CT molecular complexity index is 1520. The molecule has 0 unspecified atom stereocenters. The van der Waals surface area contributed by atoms with Gasteiger partial charge >= 0.3 is 6.18 Å². The number of rotatable bonds is 10. The minimum atomic E-state index is -4.82. The van der Waals surface area contributed by atoms with Crippen molar-refractivity contribution in [3.63, 3.8) is 0 Å². The third-order valence-corrected chi connectivity index (χ3v) is 8.95. The van der Waals surface area contributed by atoms with Gasteiger partial charge in [0.1, 0.15) is 12.6 Å². The van der Waals surface area contributed by atoms with E-state index in [4.69, 9.17) is 34.8 Å². The van der Waals surface area contributed by atoms with Crippen LogP contribution in [0.25, 0.3) is 0 Å². The van der Waals surface area contributed by atoms with Crippen molar-refractivity contribution in [2.45, 2.75) is 37.0 Å². The van der Waals surface area contributed by atoms with Crippen LogP contribution in [0.5, 0.6) is 0 Å². The molecule has 3 rings (SSSR count). The second-order valence-corrected chi connectivity index (χ2v) is 11.9. The van der Waals surface area contributed by atoms with Crippen LogP contribution in [0, 0.1) is 0 Å². The minimum absolute atomic E-state index is 0.141. The predicted octanol–water partition coefficient (Wildman–Crippen LogP) is 6.41. The molecule has 3 aromatic carbocycles. The second-order valence-electron chi connectivity index (χ2n) is 8.80. The molecule has 220 valence electrons. The molecular formula is C27H25Cl3F3N3O4S. The average molecular weight is 651 g/mol. The van der Waals surface area contributed by atoms with Gasteiger partial charge in [-0.15, -0.1) is 0 Å². The summed E-state index contributed by atoms with van der Waals surface area (Å²) in [6.07, 6.45) is -4.68. The number of halogens is 6. The van der Waals surface area contributed by atoms with E-state index in [0.717, 1.165) is 11.0 Å². The fourth-order valence-corrected chi connectivity index (χ4v) is 6.07. The van der Waals surface area contributed by atoms with Gasteiger partial charge in [0.15, 0.2) is 0 Å². The normalized spacial score (nSPS) is 12.5. The summed E-state index contributed by atoms with van der Waals surface area (Å²) >= 11 is 18.4. The van der Waals surface area contributed by atoms with Crippen molar-refractivity contribution >= 4 is 62.3 Å². The van der Waals surface area contributed by atoms with E-state index in [1.54, 1.807) is 19.1 Å². The van der Waals surface area contributed by atoms with Crippen LogP contribution in [0.4, 0.5) is 18.9 Å². The number of hydrogen-bond acceptors (Lipinski definition) is 4. The molecule has 0 aliphatic carbocycles. The average Bonchev–Trinajstić information content (AvgIpc) is 2.93. The van der Waals surface area contributed by atoms with E-state index >= 15 is 0 Å². The molecule has 0 heterocycles. The molecular weight excluding hydrogens is 626 g/mol. The van der Waals surface area contributed by atoms with Crippen molar-refractivity contribution in [3.8, 4) is 0 Å². The summed E-state index contributed by atoms with van der Waals surface area (Å²) in [5.41, 5.74) is -1.24. The summed E-state index contributed by atoms with van der Waals surface area (Å²) in [5, 5.41) is 2.58. The Labute approximate surface area is 250 Å². The summed E-state index contributed by atoms with van der Waals surface area (Å²) < 4.78 is 68.9. The van der Waals surface area contributed by atoms with Crippen molar-refractivity contribution < 1.29 is 31.2 Å². The first-order valence-electron chi connectivity index (χ1n) is 12.1. The maximum absolute atomic E-state index is 13.9. The summed E-state index contributed by atoms with van der Waals surface area (Å²) in [7, 11) is -3.24. The molecule has 0 bridgehead atoms. The summed E-state index contributed by atoms with van der Waals surface area (Å²) in [6.45, 7) is 0.501. The topological polar surface area (TPSA) is 86.8 Å². The van der Waals surface area contributed by atoms with Crippen LogP contribution in [-0.4, -0.2) is 44.8 Å². The van der Waals surface area contributed by atoms with E-state index in [1.165, 1.54) is 43.4 Å². The molecule has 1 atom stereocenters. The molecule has 0 aromatic heterocycles. The highest BCUT2D eigenvalue weighted by Gasteiger charge is 2.36. The molecule has 0 saturated heterocycles. The number of alkyl halides is 3. The number of hydrogen-bond donors (Lipinski definition) is 1. The number of nitrogens with one attached hydrogen (secondary N) is 1. The summed E-state index contributed by atoms with van der Waals surface area (Å²) in [6, 6.07) is 12.6. The zero-order chi connectivity index (χ0) is 30.5. The van der Waals surface area contributed by atoms with E-state index in [9.17, 15) is 31.2 Å². The van der Waals surface area contributed by atoms with Crippen molar-refractivity contribution in [2.75, 3.05) is 17.9 Å². The number of sulfonamides is 1. The van der Waals surface area contributed by atoms with Crippen LogP contribution >= 0.6 is 34.8 Å². The molecule has 3 aromatic rings. The van der Waals surface area contributed by atoms with Crippen molar-refractivity contribution in [1.29, 1.82) is 0 Å². The summed E-state index contributed by atoms with van der Waals surface area (Å²) in [4.78, 5) is 27.5. The molecule has 0 radical (unpaired) electrons. The Balaban J connectivity index is 2.16. The smallest absolute Gasteiger partial charge is 0.357 e. The number of anilines is 1. The van der Waals surface area contributed by atoms with E-state index in [-0.39, 0.29) is 32.9 Å². The van der Waals surface area contributed by atoms with Crippen LogP contribution < -0.4 is 9.62 Å². The van der Waals surface area contributed by atoms with Crippen molar-refractivity contribution in [2.24, 2.45) is 0 Å². The molecule has 0 spiro atoms. The SMILES string of the molecule is CC[C@H](C(=O)NC)N(Cc1ccc(Cl)c(Cl)c1)C(=O)CN(c1cc(C(F)(F)F)ccc1Cl)S(=O)(=O)c1ccccc1. The highest BCUT2D eigenvalue weighted by molar-refractivity contribution is 7.92. The second kappa shape index (κ2) is 13.3. The van der Waals surface area contributed by atoms with Gasteiger partial charge in [-0.3, -0.25) is 13.9 Å². The van der Waals surface area contributed by atoms with Gasteiger partial charge in [-0.05, 0) is 54.4 Å². The zero-order valence-corrected chi connectivity index (χ0v) is 24.8. The Morgan fingerprint density at radius 2 is 1.56 bits per heavy atom. The quantitative estimate of drug-likeness (QED) is 0.275. The molecule has 0 saturated carbocycles. The standard InChI is InChI=1S/C27H25Cl3F3N3O4S/c1-3-23(26(38)34-2)35(15-17-9-11-20(28)22(30)13-17)25(37)16-36(41(39,40)19-7-5-4-6-8-19)24-14-18(27(31,32)33)10-12-21(24)29/h4-14,23H,3,15-16H2,1-2H3,(H,34,38)/t23-/m1/s1. The lowest BCUT2D eigenvalue weighted by Gasteiger charge is -2.33. The Kier molecular flexibility index (Phi) is 10.6. The van der Waals surface area contributed by atoms with Gasteiger partial charge in [-0.2, -0.15) is 13.2 Å². The maximum atomic E-state index is 13.9. The molecule has 0 fully saturated rings. The van der Waals surface area contributed by atoms with Crippen molar-refractivity contribution in [1.82, 2.24) is 10.2 Å². The highest BCUT2D eigenvalue weighted by Crippen LogP contribution is 2.37. The largest absolute Gasteiger partial charge is 0.416 e. The maximum Gasteiger partial charge on any atom is 0.416 e. The lowest BCUT2D eigenvalue weighted by Crippen LogP contribution is -2.51. The predicted molar refractivity (Wildman–Crippen MR) is 153 cm³/mol. The molecule has 2 amide bonds. The first kappa shape index (κ1) is 32.5. The van der Waals surface area contributed by atoms with Crippen LogP contribution in [0.3, 0.4) is 0 Å².